The van der Waals surface area contributed by atoms with E-state index in [0.717, 1.165) is 42.8 Å². The first-order valence-corrected chi connectivity index (χ1v) is 11.3. The monoisotopic (exact) mass is 407 g/mol. The van der Waals surface area contributed by atoms with Crippen molar-refractivity contribution in [2.75, 3.05) is 33.4 Å². The summed E-state index contributed by atoms with van der Waals surface area (Å²) in [5, 5.41) is 0. The summed E-state index contributed by atoms with van der Waals surface area (Å²) in [6.45, 7) is 5.40. The molecule has 4 rings (SSSR count). The molecule has 5 nitrogen and oxygen atoms in total. The first-order valence-electron chi connectivity index (χ1n) is 11.3. The van der Waals surface area contributed by atoms with E-state index in [4.69, 9.17) is 14.5 Å². The molecule has 0 spiro atoms. The first-order chi connectivity index (χ1) is 14.8. The molecule has 0 bridgehead atoms. The van der Waals surface area contributed by atoms with E-state index in [1.807, 2.05) is 24.3 Å². The molecule has 1 aromatic heterocycles. The number of benzene rings is 2. The first kappa shape index (κ1) is 20.7. The van der Waals surface area contributed by atoms with E-state index in [9.17, 15) is 0 Å². The molecule has 0 atom stereocenters. The Kier molecular flexibility index (Phi) is 7.25. The summed E-state index contributed by atoms with van der Waals surface area (Å²) in [5.74, 6) is 2.83. The molecule has 1 saturated heterocycles. The van der Waals surface area contributed by atoms with Gasteiger partial charge in [0.05, 0.1) is 24.8 Å². The Bertz CT molecular complexity index is 931. The van der Waals surface area contributed by atoms with Crippen LogP contribution in [0.25, 0.3) is 11.0 Å². The standard InChI is InChI=1S/C25H33N3O2/c1-29-23-13-4-5-14-24(23)30-20-9-8-19-28-22-12-3-2-11-21(22)26-25(28)15-10-18-27-16-6-7-17-27/h2-5,11-14H,6-10,15-20H2,1H3. The van der Waals surface area contributed by atoms with Crippen LogP contribution in [0.2, 0.25) is 0 Å². The molecule has 30 heavy (non-hydrogen) atoms. The van der Waals surface area contributed by atoms with Crippen LogP contribution < -0.4 is 9.47 Å². The molecule has 0 N–H and O–H groups in total. The van der Waals surface area contributed by atoms with Gasteiger partial charge in [0.25, 0.3) is 0 Å². The van der Waals surface area contributed by atoms with Gasteiger partial charge in [-0.1, -0.05) is 24.3 Å². The zero-order chi connectivity index (χ0) is 20.6. The number of rotatable bonds is 11. The lowest BCUT2D eigenvalue weighted by Gasteiger charge is -2.15. The average molecular weight is 408 g/mol. The summed E-state index contributed by atoms with van der Waals surface area (Å²) in [6.07, 6.45) is 7.00. The third kappa shape index (κ3) is 5.14. The molecule has 0 unspecified atom stereocenters. The summed E-state index contributed by atoms with van der Waals surface area (Å²) in [7, 11) is 1.68. The predicted molar refractivity (Wildman–Crippen MR) is 121 cm³/mol. The molecule has 1 aliphatic heterocycles. The minimum Gasteiger partial charge on any atom is -0.493 e. The van der Waals surface area contributed by atoms with Crippen LogP contribution in [0.15, 0.2) is 48.5 Å². The number of aromatic nitrogens is 2. The fraction of sp³-hybridized carbons (Fsp3) is 0.480. The highest BCUT2D eigenvalue weighted by atomic mass is 16.5. The summed E-state index contributed by atoms with van der Waals surface area (Å²) in [6, 6.07) is 16.3. The fourth-order valence-electron chi connectivity index (χ4n) is 4.32. The van der Waals surface area contributed by atoms with Crippen LogP contribution in [-0.2, 0) is 13.0 Å². The zero-order valence-corrected chi connectivity index (χ0v) is 18.1. The lowest BCUT2D eigenvalue weighted by atomic mass is 10.2. The number of likely N-dealkylation sites (tertiary alicyclic amines) is 1. The number of hydrogen-bond donors (Lipinski definition) is 0. The zero-order valence-electron chi connectivity index (χ0n) is 18.1. The van der Waals surface area contributed by atoms with E-state index >= 15 is 0 Å². The second kappa shape index (κ2) is 10.5. The molecule has 2 aromatic carbocycles. The van der Waals surface area contributed by atoms with E-state index in [2.05, 4.69) is 33.7 Å². The molecule has 160 valence electrons. The predicted octanol–water partition coefficient (Wildman–Crippen LogP) is 4.93. The summed E-state index contributed by atoms with van der Waals surface area (Å²) >= 11 is 0. The maximum Gasteiger partial charge on any atom is 0.161 e. The smallest absolute Gasteiger partial charge is 0.161 e. The third-order valence-electron chi connectivity index (χ3n) is 5.91. The Morgan fingerprint density at radius 3 is 2.47 bits per heavy atom. The van der Waals surface area contributed by atoms with Crippen molar-refractivity contribution in [3.05, 3.63) is 54.4 Å². The van der Waals surface area contributed by atoms with Gasteiger partial charge in [-0.3, -0.25) is 0 Å². The number of nitrogens with zero attached hydrogens (tertiary/aromatic N) is 3. The van der Waals surface area contributed by atoms with Crippen LogP contribution >= 0.6 is 0 Å². The van der Waals surface area contributed by atoms with Gasteiger partial charge in [0, 0.05) is 13.0 Å². The molecular weight excluding hydrogens is 374 g/mol. The summed E-state index contributed by atoms with van der Waals surface area (Å²) < 4.78 is 13.7. The topological polar surface area (TPSA) is 39.5 Å². The fourth-order valence-corrected chi connectivity index (χ4v) is 4.32. The number of methoxy groups -OCH3 is 1. The highest BCUT2D eigenvalue weighted by Gasteiger charge is 2.13. The van der Waals surface area contributed by atoms with Gasteiger partial charge >= 0.3 is 0 Å². The summed E-state index contributed by atoms with van der Waals surface area (Å²) in [5.41, 5.74) is 2.36. The number of ether oxygens (including phenoxy) is 2. The van der Waals surface area contributed by atoms with Crippen molar-refractivity contribution in [3.63, 3.8) is 0 Å². The lowest BCUT2D eigenvalue weighted by molar-refractivity contribution is 0.283. The van der Waals surface area contributed by atoms with Gasteiger partial charge in [-0.15, -0.1) is 0 Å². The van der Waals surface area contributed by atoms with Crippen LogP contribution in [0.4, 0.5) is 0 Å². The average Bonchev–Trinajstić information content (AvgIpc) is 3.42. The Morgan fingerprint density at radius 2 is 1.63 bits per heavy atom. The van der Waals surface area contributed by atoms with Gasteiger partial charge in [0.2, 0.25) is 0 Å². The van der Waals surface area contributed by atoms with Crippen molar-refractivity contribution in [1.82, 2.24) is 14.5 Å². The SMILES string of the molecule is COc1ccccc1OCCCCn1c(CCCN2CCCC2)nc2ccccc21. The van der Waals surface area contributed by atoms with Gasteiger partial charge in [0.1, 0.15) is 5.82 Å². The van der Waals surface area contributed by atoms with Crippen molar-refractivity contribution in [2.24, 2.45) is 0 Å². The van der Waals surface area contributed by atoms with E-state index in [1.165, 1.54) is 50.2 Å². The molecular formula is C25H33N3O2. The van der Waals surface area contributed by atoms with Crippen LogP contribution in [-0.4, -0.2) is 47.8 Å². The lowest BCUT2D eigenvalue weighted by Crippen LogP contribution is -2.21. The molecule has 0 radical (unpaired) electrons. The highest BCUT2D eigenvalue weighted by molar-refractivity contribution is 5.75. The number of aryl methyl sites for hydroxylation is 2. The van der Waals surface area contributed by atoms with Crippen molar-refractivity contribution in [2.45, 2.75) is 45.1 Å². The molecule has 1 fully saturated rings. The van der Waals surface area contributed by atoms with Crippen LogP contribution in [0.1, 0.15) is 37.9 Å². The maximum atomic E-state index is 5.93. The Hall–Kier alpha value is -2.53. The molecule has 0 amide bonds. The largest absolute Gasteiger partial charge is 0.493 e. The second-order valence-corrected chi connectivity index (χ2v) is 8.03. The molecule has 1 aliphatic rings. The van der Waals surface area contributed by atoms with Crippen molar-refractivity contribution >= 4 is 11.0 Å². The molecule has 0 aliphatic carbocycles. The van der Waals surface area contributed by atoms with Gasteiger partial charge < -0.3 is 18.9 Å². The molecule has 5 heteroatoms. The maximum absolute atomic E-state index is 5.93. The van der Waals surface area contributed by atoms with E-state index in [0.29, 0.717) is 6.61 Å². The molecule has 2 heterocycles. The van der Waals surface area contributed by atoms with Crippen LogP contribution in [0.5, 0.6) is 11.5 Å². The minimum absolute atomic E-state index is 0.692. The number of hydrogen-bond acceptors (Lipinski definition) is 4. The van der Waals surface area contributed by atoms with Gasteiger partial charge in [-0.05, 0) is 76.0 Å². The van der Waals surface area contributed by atoms with E-state index in [-0.39, 0.29) is 0 Å². The minimum atomic E-state index is 0.692. The normalized spacial score (nSPS) is 14.4. The Balaban J connectivity index is 1.31. The Morgan fingerprint density at radius 1 is 0.867 bits per heavy atom. The van der Waals surface area contributed by atoms with Gasteiger partial charge in [0.15, 0.2) is 11.5 Å². The van der Waals surface area contributed by atoms with Crippen LogP contribution in [0.3, 0.4) is 0 Å². The van der Waals surface area contributed by atoms with Crippen LogP contribution in [0, 0.1) is 0 Å². The third-order valence-corrected chi connectivity index (χ3v) is 5.91. The highest BCUT2D eigenvalue weighted by Crippen LogP contribution is 2.26. The Labute approximate surface area is 179 Å². The van der Waals surface area contributed by atoms with E-state index < -0.39 is 0 Å². The molecule has 0 saturated carbocycles. The quantitative estimate of drug-likeness (QED) is 0.423. The van der Waals surface area contributed by atoms with E-state index in [1.54, 1.807) is 7.11 Å². The van der Waals surface area contributed by atoms with Crippen molar-refractivity contribution < 1.29 is 9.47 Å². The summed E-state index contributed by atoms with van der Waals surface area (Å²) in [4.78, 5) is 7.53. The second-order valence-electron chi connectivity index (χ2n) is 8.03. The molecule has 3 aromatic rings. The van der Waals surface area contributed by atoms with Crippen molar-refractivity contribution in [1.29, 1.82) is 0 Å². The van der Waals surface area contributed by atoms with Gasteiger partial charge in [-0.2, -0.15) is 0 Å². The number of para-hydroxylation sites is 4. The number of fused-ring (bicyclic) bond motifs is 1. The van der Waals surface area contributed by atoms with Gasteiger partial charge in [-0.25, -0.2) is 4.98 Å². The number of imidazole rings is 1. The number of unbranched alkanes of at least 4 members (excludes halogenated alkanes) is 1. The van der Waals surface area contributed by atoms with Crippen molar-refractivity contribution in [3.8, 4) is 11.5 Å².